The highest BCUT2D eigenvalue weighted by atomic mass is 35.5. The summed E-state index contributed by atoms with van der Waals surface area (Å²) in [6, 6.07) is -0.406. The standard InChI is InChI=1S/C21H34N4O3.ClH/c1-15-10-19(2,3)13-21(11-15)17(27)25(18(28)23-21)12-16(26)24-8-5-20(6-9-24)4-7-22-14-20;/h15,22H,4-14H2,1-3H3,(H,23,28);1H. The van der Waals surface area contributed by atoms with Gasteiger partial charge in [0.15, 0.2) is 0 Å². The fourth-order valence-corrected chi connectivity index (χ4v) is 6.34. The van der Waals surface area contributed by atoms with Crippen molar-refractivity contribution in [1.29, 1.82) is 0 Å². The molecule has 3 heterocycles. The maximum Gasteiger partial charge on any atom is 0.325 e. The van der Waals surface area contributed by atoms with Crippen molar-refractivity contribution in [3.8, 4) is 0 Å². The van der Waals surface area contributed by atoms with E-state index >= 15 is 0 Å². The molecule has 3 aliphatic heterocycles. The van der Waals surface area contributed by atoms with Gasteiger partial charge in [0.25, 0.3) is 5.91 Å². The number of rotatable bonds is 2. The Morgan fingerprint density at radius 3 is 2.41 bits per heavy atom. The first kappa shape index (κ1) is 22.3. The summed E-state index contributed by atoms with van der Waals surface area (Å²) in [5.41, 5.74) is -0.497. The van der Waals surface area contributed by atoms with Crippen LogP contribution in [0.25, 0.3) is 0 Å². The van der Waals surface area contributed by atoms with E-state index < -0.39 is 11.6 Å². The lowest BCUT2D eigenvalue weighted by atomic mass is 9.64. The van der Waals surface area contributed by atoms with Crippen LogP contribution in [-0.4, -0.2) is 65.9 Å². The lowest BCUT2D eigenvalue weighted by Gasteiger charge is -2.44. The summed E-state index contributed by atoms with van der Waals surface area (Å²) in [4.78, 5) is 41.7. The number of amides is 4. The third-order valence-electron chi connectivity index (χ3n) is 7.43. The number of hydrogen-bond acceptors (Lipinski definition) is 4. The highest BCUT2D eigenvalue weighted by molar-refractivity contribution is 6.09. The van der Waals surface area contributed by atoms with Crippen LogP contribution in [0.4, 0.5) is 4.79 Å². The molecule has 1 aliphatic carbocycles. The highest BCUT2D eigenvalue weighted by Gasteiger charge is 2.56. The minimum atomic E-state index is -0.833. The van der Waals surface area contributed by atoms with Gasteiger partial charge in [0.2, 0.25) is 5.91 Å². The fourth-order valence-electron chi connectivity index (χ4n) is 6.34. The van der Waals surface area contributed by atoms with Gasteiger partial charge < -0.3 is 15.5 Å². The zero-order valence-corrected chi connectivity index (χ0v) is 18.7. The van der Waals surface area contributed by atoms with Gasteiger partial charge in [0, 0.05) is 19.6 Å². The van der Waals surface area contributed by atoms with Gasteiger partial charge >= 0.3 is 6.03 Å². The number of hydrogen-bond donors (Lipinski definition) is 2. The van der Waals surface area contributed by atoms with E-state index in [0.717, 1.165) is 50.3 Å². The Balaban J connectivity index is 0.00000240. The van der Waals surface area contributed by atoms with Crippen molar-refractivity contribution >= 4 is 30.3 Å². The summed E-state index contributed by atoms with van der Waals surface area (Å²) in [5, 5.41) is 6.39. The lowest BCUT2D eigenvalue weighted by molar-refractivity contribution is -0.141. The number of nitrogens with one attached hydrogen (secondary N) is 2. The quantitative estimate of drug-likeness (QED) is 0.663. The van der Waals surface area contributed by atoms with Crippen LogP contribution in [0.3, 0.4) is 0 Å². The van der Waals surface area contributed by atoms with Gasteiger partial charge in [-0.25, -0.2) is 4.79 Å². The molecular weight excluding hydrogens is 392 g/mol. The van der Waals surface area contributed by atoms with Gasteiger partial charge in [-0.15, -0.1) is 12.4 Å². The van der Waals surface area contributed by atoms with E-state index in [1.54, 1.807) is 0 Å². The summed E-state index contributed by atoms with van der Waals surface area (Å²) in [7, 11) is 0. The monoisotopic (exact) mass is 426 g/mol. The molecule has 164 valence electrons. The maximum absolute atomic E-state index is 13.2. The molecule has 1 saturated carbocycles. The van der Waals surface area contributed by atoms with Gasteiger partial charge in [0.05, 0.1) is 0 Å². The third-order valence-corrected chi connectivity index (χ3v) is 7.43. The van der Waals surface area contributed by atoms with Gasteiger partial charge in [-0.2, -0.15) is 0 Å². The second kappa shape index (κ2) is 7.73. The maximum atomic E-state index is 13.2. The van der Waals surface area contributed by atoms with Crippen molar-refractivity contribution in [2.45, 2.75) is 64.8 Å². The Labute approximate surface area is 179 Å². The molecule has 3 saturated heterocycles. The average Bonchev–Trinajstić information content (AvgIpc) is 3.12. The number of carbonyl (C=O) groups excluding carboxylic acids is 3. The normalized spacial score (nSPS) is 33.1. The molecule has 29 heavy (non-hydrogen) atoms. The molecule has 0 bridgehead atoms. The summed E-state index contributed by atoms with van der Waals surface area (Å²) in [5.74, 6) is 0.0466. The van der Waals surface area contributed by atoms with Crippen LogP contribution in [0.2, 0.25) is 0 Å². The summed E-state index contributed by atoms with van der Waals surface area (Å²) in [6.45, 7) is 9.85. The van der Waals surface area contributed by atoms with Crippen molar-refractivity contribution < 1.29 is 14.4 Å². The predicted molar refractivity (Wildman–Crippen MR) is 113 cm³/mol. The smallest absolute Gasteiger partial charge is 0.325 e. The molecule has 2 unspecified atom stereocenters. The summed E-state index contributed by atoms with van der Waals surface area (Å²) >= 11 is 0. The molecule has 0 aromatic carbocycles. The van der Waals surface area contributed by atoms with E-state index in [1.807, 2.05) is 4.90 Å². The van der Waals surface area contributed by atoms with Crippen LogP contribution in [-0.2, 0) is 9.59 Å². The number of piperidine rings is 1. The summed E-state index contributed by atoms with van der Waals surface area (Å²) in [6.07, 6.45) is 5.52. The Morgan fingerprint density at radius 2 is 1.83 bits per heavy atom. The van der Waals surface area contributed by atoms with E-state index in [4.69, 9.17) is 0 Å². The number of carbonyl (C=O) groups is 3. The minimum Gasteiger partial charge on any atom is -0.341 e. The van der Waals surface area contributed by atoms with E-state index in [1.165, 1.54) is 6.42 Å². The Hall–Kier alpha value is -1.34. The molecule has 2 spiro atoms. The van der Waals surface area contributed by atoms with Crippen LogP contribution >= 0.6 is 12.4 Å². The number of imide groups is 1. The molecule has 4 rings (SSSR count). The van der Waals surface area contributed by atoms with Crippen molar-refractivity contribution in [2.24, 2.45) is 16.7 Å². The second-order valence-corrected chi connectivity index (χ2v) is 10.6. The number of likely N-dealkylation sites (tertiary alicyclic amines) is 1. The number of halogens is 1. The highest BCUT2D eigenvalue weighted by Crippen LogP contribution is 2.46. The van der Waals surface area contributed by atoms with Crippen LogP contribution in [0.5, 0.6) is 0 Å². The third kappa shape index (κ3) is 4.13. The average molecular weight is 427 g/mol. The van der Waals surface area contributed by atoms with Crippen molar-refractivity contribution in [3.63, 3.8) is 0 Å². The second-order valence-electron chi connectivity index (χ2n) is 10.6. The van der Waals surface area contributed by atoms with Crippen LogP contribution < -0.4 is 10.6 Å². The SMILES string of the molecule is CC1CC(C)(C)CC2(C1)NC(=O)N(CC(=O)N1CCC3(CCNC3)CC1)C2=O.Cl. The largest absolute Gasteiger partial charge is 0.341 e. The molecule has 7 nitrogen and oxygen atoms in total. The van der Waals surface area contributed by atoms with Crippen LogP contribution in [0, 0.1) is 16.7 Å². The predicted octanol–water partition coefficient (Wildman–Crippen LogP) is 2.15. The zero-order valence-electron chi connectivity index (χ0n) is 17.9. The van der Waals surface area contributed by atoms with E-state index in [0.29, 0.717) is 24.2 Å². The molecule has 4 fully saturated rings. The van der Waals surface area contributed by atoms with Gasteiger partial charge in [-0.3, -0.25) is 14.5 Å². The Morgan fingerprint density at radius 1 is 1.14 bits per heavy atom. The molecular formula is C21H35ClN4O3. The van der Waals surface area contributed by atoms with E-state index in [9.17, 15) is 14.4 Å². The number of urea groups is 1. The van der Waals surface area contributed by atoms with Crippen molar-refractivity contribution in [2.75, 3.05) is 32.7 Å². The zero-order chi connectivity index (χ0) is 20.2. The fraction of sp³-hybridized carbons (Fsp3) is 0.857. The Kier molecular flexibility index (Phi) is 5.96. The van der Waals surface area contributed by atoms with Crippen molar-refractivity contribution in [3.05, 3.63) is 0 Å². The molecule has 8 heteroatoms. The van der Waals surface area contributed by atoms with Gasteiger partial charge in [0.1, 0.15) is 12.1 Å². The molecule has 0 radical (unpaired) electrons. The lowest BCUT2D eigenvalue weighted by Crippen LogP contribution is -2.54. The van der Waals surface area contributed by atoms with Crippen LogP contribution in [0.15, 0.2) is 0 Å². The van der Waals surface area contributed by atoms with Gasteiger partial charge in [-0.05, 0) is 61.8 Å². The van der Waals surface area contributed by atoms with E-state index in [-0.39, 0.29) is 36.2 Å². The molecule has 2 N–H and O–H groups in total. The molecule has 4 aliphatic rings. The summed E-state index contributed by atoms with van der Waals surface area (Å²) < 4.78 is 0. The first-order valence-electron chi connectivity index (χ1n) is 10.8. The first-order chi connectivity index (χ1) is 13.1. The molecule has 2 atom stereocenters. The molecule has 0 aromatic rings. The van der Waals surface area contributed by atoms with Crippen molar-refractivity contribution in [1.82, 2.24) is 20.4 Å². The number of nitrogens with zero attached hydrogens (tertiary/aromatic N) is 2. The molecule has 0 aromatic heterocycles. The van der Waals surface area contributed by atoms with Gasteiger partial charge in [-0.1, -0.05) is 20.8 Å². The van der Waals surface area contributed by atoms with Crippen LogP contribution in [0.1, 0.15) is 59.3 Å². The minimum absolute atomic E-state index is 0. The Bertz CT molecular complexity index is 681. The first-order valence-corrected chi connectivity index (χ1v) is 10.8. The topological polar surface area (TPSA) is 81.8 Å². The van der Waals surface area contributed by atoms with E-state index in [2.05, 4.69) is 31.4 Å². The molecule has 4 amide bonds.